The quantitative estimate of drug-likeness (QED) is 0.0589. The molecule has 0 aliphatic heterocycles. The second-order valence-electron chi connectivity index (χ2n) is 14.4. The Labute approximate surface area is 318 Å². The van der Waals surface area contributed by atoms with E-state index in [1.807, 2.05) is 68.4 Å². The molecule has 6 heteroatoms. The van der Waals surface area contributed by atoms with Crippen molar-refractivity contribution in [3.05, 3.63) is 119 Å². The van der Waals surface area contributed by atoms with E-state index in [-0.39, 0.29) is 23.3 Å². The molecule has 0 bridgehead atoms. The fourth-order valence-electron chi connectivity index (χ4n) is 7.87. The van der Waals surface area contributed by atoms with Gasteiger partial charge in [0.25, 0.3) is 0 Å². The Kier molecular flexibility index (Phi) is 17.6. The third kappa shape index (κ3) is 13.2. The molecule has 0 aliphatic rings. The summed E-state index contributed by atoms with van der Waals surface area (Å²) in [4.78, 5) is 12.9. The SMILES string of the molecule is CCCCC(CC(CCCCCCCCC(c1ccc(O)cc1)c1ccc(O)cc1)CC(C(=O)O)c1ccccc1OCC)c1ccccc1OCC. The van der Waals surface area contributed by atoms with Crippen molar-refractivity contribution >= 4 is 5.97 Å². The number of unbranched alkanes of at least 4 members (excludes halogenated alkanes) is 6. The van der Waals surface area contributed by atoms with Crippen LogP contribution in [0.15, 0.2) is 97.1 Å². The van der Waals surface area contributed by atoms with E-state index in [1.165, 1.54) is 16.7 Å². The van der Waals surface area contributed by atoms with E-state index >= 15 is 0 Å². The Balaban J connectivity index is 1.41. The normalized spacial score (nSPS) is 13.1. The van der Waals surface area contributed by atoms with E-state index < -0.39 is 11.9 Å². The van der Waals surface area contributed by atoms with Gasteiger partial charge in [0.05, 0.1) is 19.1 Å². The van der Waals surface area contributed by atoms with Crippen LogP contribution in [0.1, 0.15) is 144 Å². The van der Waals surface area contributed by atoms with Crippen molar-refractivity contribution in [1.82, 2.24) is 0 Å². The fraction of sp³-hybridized carbons (Fsp3) is 0.468. The van der Waals surface area contributed by atoms with Gasteiger partial charge in [-0.05, 0) is 104 Å². The molecule has 0 saturated heterocycles. The van der Waals surface area contributed by atoms with Gasteiger partial charge in [0, 0.05) is 11.5 Å². The summed E-state index contributed by atoms with van der Waals surface area (Å²) in [7, 11) is 0. The highest BCUT2D eigenvalue weighted by molar-refractivity contribution is 5.77. The van der Waals surface area contributed by atoms with Crippen molar-refractivity contribution in [2.75, 3.05) is 13.2 Å². The molecule has 0 spiro atoms. The van der Waals surface area contributed by atoms with E-state index in [0.717, 1.165) is 88.4 Å². The van der Waals surface area contributed by atoms with E-state index in [1.54, 1.807) is 24.3 Å². The zero-order valence-corrected chi connectivity index (χ0v) is 32.2. The van der Waals surface area contributed by atoms with Crippen LogP contribution in [-0.2, 0) is 4.79 Å². The Morgan fingerprint density at radius 3 is 1.58 bits per heavy atom. The third-order valence-electron chi connectivity index (χ3n) is 10.6. The molecule has 0 radical (unpaired) electrons. The number of aromatic hydroxyl groups is 2. The van der Waals surface area contributed by atoms with Crippen LogP contribution in [-0.4, -0.2) is 34.5 Å². The van der Waals surface area contributed by atoms with Crippen LogP contribution in [0.5, 0.6) is 23.0 Å². The van der Waals surface area contributed by atoms with Crippen LogP contribution in [0.25, 0.3) is 0 Å². The van der Waals surface area contributed by atoms with Crippen molar-refractivity contribution in [3.63, 3.8) is 0 Å². The summed E-state index contributed by atoms with van der Waals surface area (Å²) in [5, 5.41) is 30.3. The molecule has 0 aliphatic carbocycles. The molecular weight excluding hydrogens is 661 g/mol. The average Bonchev–Trinajstić information content (AvgIpc) is 3.16. The topological polar surface area (TPSA) is 96.2 Å². The molecule has 53 heavy (non-hydrogen) atoms. The van der Waals surface area contributed by atoms with E-state index in [9.17, 15) is 20.1 Å². The molecule has 0 fully saturated rings. The Morgan fingerprint density at radius 1 is 0.566 bits per heavy atom. The molecule has 0 saturated carbocycles. The Bertz CT molecular complexity index is 1570. The number of para-hydroxylation sites is 2. The zero-order chi connectivity index (χ0) is 37.8. The highest BCUT2D eigenvalue weighted by atomic mass is 16.5. The number of hydrogen-bond donors (Lipinski definition) is 3. The average molecular weight is 723 g/mol. The first-order chi connectivity index (χ1) is 25.8. The Morgan fingerprint density at radius 2 is 1.06 bits per heavy atom. The highest BCUT2D eigenvalue weighted by Crippen LogP contribution is 2.41. The predicted octanol–water partition coefficient (Wildman–Crippen LogP) is 12.4. The number of benzene rings is 4. The van der Waals surface area contributed by atoms with Gasteiger partial charge in [0.1, 0.15) is 23.0 Å². The van der Waals surface area contributed by atoms with Crippen molar-refractivity contribution in [1.29, 1.82) is 0 Å². The highest BCUT2D eigenvalue weighted by Gasteiger charge is 2.29. The fourth-order valence-corrected chi connectivity index (χ4v) is 7.87. The molecule has 6 nitrogen and oxygen atoms in total. The van der Waals surface area contributed by atoms with Crippen LogP contribution < -0.4 is 9.47 Å². The van der Waals surface area contributed by atoms with Gasteiger partial charge < -0.3 is 24.8 Å². The van der Waals surface area contributed by atoms with Crippen molar-refractivity contribution < 1.29 is 29.6 Å². The molecule has 4 aromatic carbocycles. The van der Waals surface area contributed by atoms with Gasteiger partial charge in [-0.15, -0.1) is 0 Å². The minimum absolute atomic E-state index is 0.209. The number of phenolic OH excluding ortho intramolecular Hbond substituents is 2. The minimum atomic E-state index is -0.792. The van der Waals surface area contributed by atoms with Gasteiger partial charge in [-0.1, -0.05) is 125 Å². The van der Waals surface area contributed by atoms with Crippen LogP contribution >= 0.6 is 0 Å². The number of hydrogen-bond acceptors (Lipinski definition) is 5. The van der Waals surface area contributed by atoms with Crippen molar-refractivity contribution in [3.8, 4) is 23.0 Å². The lowest BCUT2D eigenvalue weighted by Crippen LogP contribution is -2.19. The summed E-state index contributed by atoms with van der Waals surface area (Å²) in [5.74, 6) is 1.47. The van der Waals surface area contributed by atoms with Gasteiger partial charge >= 0.3 is 5.97 Å². The summed E-state index contributed by atoms with van der Waals surface area (Å²) in [5.41, 5.74) is 4.35. The van der Waals surface area contributed by atoms with Gasteiger partial charge in [-0.25, -0.2) is 0 Å². The number of rotatable bonds is 25. The lowest BCUT2D eigenvalue weighted by atomic mass is 9.77. The molecule has 0 aromatic heterocycles. The van der Waals surface area contributed by atoms with E-state index in [0.29, 0.717) is 31.3 Å². The van der Waals surface area contributed by atoms with Crippen molar-refractivity contribution in [2.24, 2.45) is 5.92 Å². The number of carboxylic acids is 1. The maximum atomic E-state index is 12.9. The van der Waals surface area contributed by atoms with Crippen LogP contribution in [0.2, 0.25) is 0 Å². The molecule has 4 rings (SSSR count). The number of carboxylic acid groups (broad SMARTS) is 1. The van der Waals surface area contributed by atoms with E-state index in [2.05, 4.69) is 25.1 Å². The molecule has 4 aromatic rings. The predicted molar refractivity (Wildman–Crippen MR) is 216 cm³/mol. The first-order valence-electron chi connectivity index (χ1n) is 20.1. The summed E-state index contributed by atoms with van der Waals surface area (Å²) >= 11 is 0. The number of ether oxygens (including phenoxy) is 2. The monoisotopic (exact) mass is 722 g/mol. The molecule has 3 N–H and O–H groups in total. The standard InChI is InChI=1S/C47H62O6/c1-4-7-19-38(42-21-14-16-23-45(42)52-5-2)33-35(34-44(47(50)51)43-22-15-17-24-46(43)53-6-3)18-12-10-8-9-11-13-20-41(36-25-29-39(48)30-26-36)37-27-31-40(49)32-28-37/h14-17,21-32,35,38,41,44,48-49H,4-13,18-20,33-34H2,1-3H3,(H,50,51). The number of carbonyl (C=O) groups is 1. The van der Waals surface area contributed by atoms with Gasteiger partial charge in [0.2, 0.25) is 0 Å². The summed E-state index contributed by atoms with van der Waals surface area (Å²) < 4.78 is 12.0. The summed E-state index contributed by atoms with van der Waals surface area (Å²) in [6.45, 7) is 7.30. The lowest BCUT2D eigenvalue weighted by Gasteiger charge is -2.28. The minimum Gasteiger partial charge on any atom is -0.508 e. The summed E-state index contributed by atoms with van der Waals surface area (Å²) in [6, 6.07) is 31.0. The molecule has 286 valence electrons. The van der Waals surface area contributed by atoms with Gasteiger partial charge in [-0.3, -0.25) is 4.79 Å². The maximum absolute atomic E-state index is 12.9. The van der Waals surface area contributed by atoms with Crippen LogP contribution in [0.3, 0.4) is 0 Å². The zero-order valence-electron chi connectivity index (χ0n) is 32.2. The molecule has 0 heterocycles. The Hall–Kier alpha value is -4.45. The van der Waals surface area contributed by atoms with Crippen LogP contribution in [0.4, 0.5) is 0 Å². The largest absolute Gasteiger partial charge is 0.508 e. The maximum Gasteiger partial charge on any atom is 0.311 e. The lowest BCUT2D eigenvalue weighted by molar-refractivity contribution is -0.139. The molecular formula is C47H62O6. The van der Waals surface area contributed by atoms with Crippen LogP contribution in [0, 0.1) is 5.92 Å². The number of aliphatic carboxylic acids is 1. The molecule has 3 atom stereocenters. The second kappa shape index (κ2) is 22.6. The van der Waals surface area contributed by atoms with E-state index in [4.69, 9.17) is 9.47 Å². The first kappa shape index (κ1) is 41.3. The van der Waals surface area contributed by atoms with Gasteiger partial charge in [-0.2, -0.15) is 0 Å². The summed E-state index contributed by atoms with van der Waals surface area (Å²) in [6.07, 6.45) is 13.5. The third-order valence-corrected chi connectivity index (χ3v) is 10.6. The molecule has 3 unspecified atom stereocenters. The number of phenols is 2. The molecule has 0 amide bonds. The first-order valence-corrected chi connectivity index (χ1v) is 20.1. The smallest absolute Gasteiger partial charge is 0.311 e. The second-order valence-corrected chi connectivity index (χ2v) is 14.4. The van der Waals surface area contributed by atoms with Crippen molar-refractivity contribution in [2.45, 2.75) is 122 Å². The van der Waals surface area contributed by atoms with Gasteiger partial charge in [0.15, 0.2) is 0 Å².